The van der Waals surface area contributed by atoms with Crippen molar-refractivity contribution in [1.82, 2.24) is 15.5 Å². The summed E-state index contributed by atoms with van der Waals surface area (Å²) in [5.74, 6) is 1.06. The Balaban J connectivity index is 0.00000364. The van der Waals surface area contributed by atoms with Crippen molar-refractivity contribution in [2.75, 3.05) is 33.2 Å². The van der Waals surface area contributed by atoms with E-state index in [4.69, 9.17) is 23.2 Å². The zero-order valence-corrected chi connectivity index (χ0v) is 19.1. The molecule has 1 aromatic rings. The van der Waals surface area contributed by atoms with Crippen molar-refractivity contribution in [3.8, 4) is 5.75 Å². The lowest BCUT2D eigenvalue weighted by molar-refractivity contribution is -0.0504. The third-order valence-electron chi connectivity index (χ3n) is 4.34. The highest BCUT2D eigenvalue weighted by molar-refractivity contribution is 14.0. The molecule has 1 unspecified atom stereocenters. The molecule has 27 heavy (non-hydrogen) atoms. The molecule has 1 saturated heterocycles. The van der Waals surface area contributed by atoms with Crippen molar-refractivity contribution in [1.29, 1.82) is 0 Å². The standard InChI is InChI=1S/C17H24Cl2F2N4O.HI/c1-3-25-5-4-11(10-25)8-23-17(22-2)24-9-12-6-13(18)7-14(19)15(12)26-16(20)21;/h6-7,11,16H,3-5,8-10H2,1-2H3,(H2,22,23,24);1H. The molecule has 2 N–H and O–H groups in total. The van der Waals surface area contributed by atoms with Gasteiger partial charge in [-0.3, -0.25) is 4.99 Å². The lowest BCUT2D eigenvalue weighted by Gasteiger charge is -2.18. The minimum atomic E-state index is -2.96. The maximum Gasteiger partial charge on any atom is 0.387 e. The first-order valence-corrected chi connectivity index (χ1v) is 9.28. The van der Waals surface area contributed by atoms with Gasteiger partial charge in [0.15, 0.2) is 5.96 Å². The summed E-state index contributed by atoms with van der Waals surface area (Å²) in [5, 5.41) is 6.75. The van der Waals surface area contributed by atoms with Gasteiger partial charge >= 0.3 is 6.61 Å². The number of alkyl halides is 2. The van der Waals surface area contributed by atoms with Crippen molar-refractivity contribution in [3.05, 3.63) is 27.7 Å². The molecule has 1 heterocycles. The van der Waals surface area contributed by atoms with E-state index in [0.29, 0.717) is 22.5 Å². The van der Waals surface area contributed by atoms with E-state index in [1.807, 2.05) is 0 Å². The van der Waals surface area contributed by atoms with Gasteiger partial charge in [0.25, 0.3) is 0 Å². The largest absolute Gasteiger partial charge is 0.433 e. The summed E-state index contributed by atoms with van der Waals surface area (Å²) >= 11 is 12.0. The molecule has 1 fully saturated rings. The molecule has 0 amide bonds. The number of aliphatic imine (C=N–C) groups is 1. The number of hydrogen-bond acceptors (Lipinski definition) is 3. The van der Waals surface area contributed by atoms with Gasteiger partial charge < -0.3 is 20.3 Å². The van der Waals surface area contributed by atoms with Crippen molar-refractivity contribution in [2.45, 2.75) is 26.5 Å². The molecule has 5 nitrogen and oxygen atoms in total. The third kappa shape index (κ3) is 7.75. The molecule has 0 radical (unpaired) electrons. The van der Waals surface area contributed by atoms with Gasteiger partial charge in [-0.05, 0) is 37.6 Å². The van der Waals surface area contributed by atoms with Crippen LogP contribution >= 0.6 is 47.2 Å². The molecule has 0 spiro atoms. The molecular formula is C17H25Cl2F2IN4O. The number of halogens is 5. The van der Waals surface area contributed by atoms with Gasteiger partial charge in [0.1, 0.15) is 5.75 Å². The van der Waals surface area contributed by atoms with Crippen LogP contribution in [-0.2, 0) is 6.54 Å². The molecule has 1 aromatic carbocycles. The molecule has 2 rings (SSSR count). The fraction of sp³-hybridized carbons (Fsp3) is 0.588. The molecule has 154 valence electrons. The van der Waals surface area contributed by atoms with E-state index < -0.39 is 6.61 Å². The Morgan fingerprint density at radius 1 is 1.37 bits per heavy atom. The van der Waals surface area contributed by atoms with Crippen LogP contribution in [0.2, 0.25) is 10.0 Å². The topological polar surface area (TPSA) is 48.9 Å². The van der Waals surface area contributed by atoms with Gasteiger partial charge in [0, 0.05) is 37.3 Å². The SMILES string of the molecule is CCN1CCC(CNC(=NC)NCc2cc(Cl)cc(Cl)c2OC(F)F)C1.I. The highest BCUT2D eigenvalue weighted by atomic mass is 127. The average molecular weight is 537 g/mol. The van der Waals surface area contributed by atoms with Gasteiger partial charge in [-0.1, -0.05) is 30.1 Å². The normalized spacial score (nSPS) is 17.7. The molecule has 10 heteroatoms. The van der Waals surface area contributed by atoms with Crippen molar-refractivity contribution in [2.24, 2.45) is 10.9 Å². The van der Waals surface area contributed by atoms with E-state index in [1.165, 1.54) is 6.07 Å². The third-order valence-corrected chi connectivity index (χ3v) is 4.84. The molecule has 1 atom stereocenters. The van der Waals surface area contributed by atoms with Crippen LogP contribution in [0.3, 0.4) is 0 Å². The lowest BCUT2D eigenvalue weighted by Crippen LogP contribution is -2.40. The van der Waals surface area contributed by atoms with Crippen LogP contribution < -0.4 is 15.4 Å². The van der Waals surface area contributed by atoms with Crippen LogP contribution in [0, 0.1) is 5.92 Å². The van der Waals surface area contributed by atoms with E-state index in [-0.39, 0.29) is 41.3 Å². The zero-order valence-electron chi connectivity index (χ0n) is 15.3. The first-order valence-electron chi connectivity index (χ1n) is 8.52. The Hall–Kier alpha value is -0.580. The zero-order chi connectivity index (χ0) is 19.1. The van der Waals surface area contributed by atoms with E-state index >= 15 is 0 Å². The summed E-state index contributed by atoms with van der Waals surface area (Å²) < 4.78 is 29.8. The molecular weight excluding hydrogens is 512 g/mol. The Bertz CT molecular complexity index is 637. The predicted octanol–water partition coefficient (Wildman–Crippen LogP) is 4.22. The number of benzene rings is 1. The van der Waals surface area contributed by atoms with Gasteiger partial charge in [-0.15, -0.1) is 24.0 Å². The van der Waals surface area contributed by atoms with Gasteiger partial charge in [-0.25, -0.2) is 0 Å². The van der Waals surface area contributed by atoms with E-state index in [2.05, 4.69) is 32.2 Å². The Morgan fingerprint density at radius 3 is 2.70 bits per heavy atom. The molecule has 1 aliphatic rings. The van der Waals surface area contributed by atoms with Gasteiger partial charge in [0.2, 0.25) is 0 Å². The Morgan fingerprint density at radius 2 is 2.11 bits per heavy atom. The highest BCUT2D eigenvalue weighted by Gasteiger charge is 2.21. The summed E-state index contributed by atoms with van der Waals surface area (Å²) in [6, 6.07) is 2.92. The number of nitrogens with zero attached hydrogens (tertiary/aromatic N) is 2. The summed E-state index contributed by atoms with van der Waals surface area (Å²) in [7, 11) is 1.66. The Kier molecular flexibility index (Phi) is 10.9. The van der Waals surface area contributed by atoms with Crippen LogP contribution in [0.15, 0.2) is 17.1 Å². The second-order valence-corrected chi connectivity index (χ2v) is 6.95. The van der Waals surface area contributed by atoms with Crippen LogP contribution in [0.1, 0.15) is 18.9 Å². The first-order chi connectivity index (χ1) is 12.4. The van der Waals surface area contributed by atoms with Gasteiger partial charge in [-0.2, -0.15) is 8.78 Å². The minimum Gasteiger partial charge on any atom is -0.433 e. The number of guanidine groups is 1. The fourth-order valence-electron chi connectivity index (χ4n) is 2.97. The van der Waals surface area contributed by atoms with E-state index in [1.54, 1.807) is 13.1 Å². The molecule has 0 bridgehead atoms. The average Bonchev–Trinajstić information content (AvgIpc) is 3.05. The number of rotatable bonds is 7. The maximum atomic E-state index is 12.6. The Labute approximate surface area is 185 Å². The second kappa shape index (κ2) is 12.1. The maximum absolute atomic E-state index is 12.6. The fourth-order valence-corrected chi connectivity index (χ4v) is 3.55. The monoisotopic (exact) mass is 536 g/mol. The summed E-state index contributed by atoms with van der Waals surface area (Å²) in [6.07, 6.45) is 1.15. The molecule has 0 aromatic heterocycles. The molecule has 0 saturated carbocycles. The molecule has 0 aliphatic carbocycles. The summed E-state index contributed by atoms with van der Waals surface area (Å²) in [6.45, 7) is 3.44. The second-order valence-electron chi connectivity index (χ2n) is 6.11. The number of likely N-dealkylation sites (tertiary alicyclic amines) is 1. The van der Waals surface area contributed by atoms with Crippen LogP contribution in [0.4, 0.5) is 8.78 Å². The quantitative estimate of drug-likeness (QED) is 0.311. The number of nitrogens with one attached hydrogen (secondary N) is 2. The number of ether oxygens (including phenoxy) is 1. The summed E-state index contributed by atoms with van der Waals surface area (Å²) in [5.41, 5.74) is 0.434. The van der Waals surface area contributed by atoms with Crippen LogP contribution in [0.25, 0.3) is 0 Å². The lowest BCUT2D eigenvalue weighted by atomic mass is 10.1. The van der Waals surface area contributed by atoms with Crippen LogP contribution in [-0.4, -0.2) is 50.7 Å². The van der Waals surface area contributed by atoms with Crippen molar-refractivity contribution < 1.29 is 13.5 Å². The number of hydrogen-bond donors (Lipinski definition) is 2. The minimum absolute atomic E-state index is 0. The van der Waals surface area contributed by atoms with Crippen molar-refractivity contribution in [3.63, 3.8) is 0 Å². The smallest absolute Gasteiger partial charge is 0.387 e. The predicted molar refractivity (Wildman–Crippen MR) is 117 cm³/mol. The van der Waals surface area contributed by atoms with E-state index in [9.17, 15) is 8.78 Å². The van der Waals surface area contributed by atoms with E-state index in [0.717, 1.165) is 32.6 Å². The van der Waals surface area contributed by atoms with Crippen molar-refractivity contribution >= 4 is 53.1 Å². The van der Waals surface area contributed by atoms with Gasteiger partial charge in [0.05, 0.1) is 5.02 Å². The first kappa shape index (κ1) is 24.5. The highest BCUT2D eigenvalue weighted by Crippen LogP contribution is 2.33. The van der Waals surface area contributed by atoms with Crippen LogP contribution in [0.5, 0.6) is 5.75 Å². The molecule has 1 aliphatic heterocycles. The summed E-state index contributed by atoms with van der Waals surface area (Å²) in [4.78, 5) is 6.57.